The Kier molecular flexibility index (Phi) is 3.57. The minimum absolute atomic E-state index is 0.244. The van der Waals surface area contributed by atoms with E-state index in [0.29, 0.717) is 12.2 Å². The van der Waals surface area contributed by atoms with Crippen LogP contribution in [-0.2, 0) is 11.2 Å². The van der Waals surface area contributed by atoms with Crippen LogP contribution >= 0.6 is 0 Å². The number of carbonyl (C=O) groups excluding carboxylic acids is 2. The number of benzene rings is 2. The van der Waals surface area contributed by atoms with Gasteiger partial charge in [0, 0.05) is 18.9 Å². The Morgan fingerprint density at radius 3 is 2.43 bits per heavy atom. The van der Waals surface area contributed by atoms with Crippen molar-refractivity contribution in [2.24, 2.45) is 0 Å². The number of hydrogen-bond acceptors (Lipinski definition) is 3. The van der Waals surface area contributed by atoms with Crippen LogP contribution in [0.4, 0.5) is 0 Å². The molecule has 0 bridgehead atoms. The zero-order valence-electron chi connectivity index (χ0n) is 11.9. The summed E-state index contributed by atoms with van der Waals surface area (Å²) in [6.07, 6.45) is 2.55. The average Bonchev–Trinajstić information content (AvgIpc) is 2.47. The summed E-state index contributed by atoms with van der Waals surface area (Å²) in [5, 5.41) is 0. The van der Waals surface area contributed by atoms with Crippen molar-refractivity contribution in [3.8, 4) is 16.9 Å². The number of aryl methyl sites for hydroxylation is 1. The van der Waals surface area contributed by atoms with Crippen LogP contribution in [0.5, 0.6) is 5.75 Å². The van der Waals surface area contributed by atoms with Crippen molar-refractivity contribution >= 4 is 11.8 Å². The lowest BCUT2D eigenvalue weighted by Gasteiger charge is -2.15. The molecule has 3 rings (SSSR count). The monoisotopic (exact) mass is 280 g/mol. The summed E-state index contributed by atoms with van der Waals surface area (Å²) < 4.78 is 5.03. The molecule has 3 heteroatoms. The van der Waals surface area contributed by atoms with Gasteiger partial charge in [0.05, 0.1) is 0 Å². The zero-order valence-corrected chi connectivity index (χ0v) is 11.9. The number of rotatable bonds is 2. The van der Waals surface area contributed by atoms with E-state index in [9.17, 15) is 9.59 Å². The molecular weight excluding hydrogens is 264 g/mol. The highest BCUT2D eigenvalue weighted by atomic mass is 16.5. The van der Waals surface area contributed by atoms with Gasteiger partial charge in [-0.05, 0) is 41.7 Å². The van der Waals surface area contributed by atoms with E-state index in [1.165, 1.54) is 6.92 Å². The van der Waals surface area contributed by atoms with Crippen LogP contribution in [0.3, 0.4) is 0 Å². The maximum Gasteiger partial charge on any atom is 0.308 e. The van der Waals surface area contributed by atoms with E-state index in [4.69, 9.17) is 4.74 Å². The first-order chi connectivity index (χ1) is 10.1. The molecule has 2 aromatic rings. The molecule has 0 fully saturated rings. The molecule has 0 saturated heterocycles. The number of esters is 1. The normalized spacial score (nSPS) is 13.7. The van der Waals surface area contributed by atoms with Crippen LogP contribution < -0.4 is 4.74 Å². The van der Waals surface area contributed by atoms with Crippen LogP contribution in [0.15, 0.2) is 42.5 Å². The number of Topliss-reactive ketones (excluding diaryl/α,β-unsaturated/α-hetero) is 1. The smallest absolute Gasteiger partial charge is 0.308 e. The van der Waals surface area contributed by atoms with Crippen LogP contribution in [0, 0.1) is 0 Å². The predicted molar refractivity (Wildman–Crippen MR) is 80.5 cm³/mol. The molecule has 2 aromatic carbocycles. The molecule has 106 valence electrons. The molecule has 21 heavy (non-hydrogen) atoms. The van der Waals surface area contributed by atoms with Gasteiger partial charge in [-0.2, -0.15) is 0 Å². The van der Waals surface area contributed by atoms with E-state index < -0.39 is 0 Å². The summed E-state index contributed by atoms with van der Waals surface area (Å²) >= 11 is 0. The summed E-state index contributed by atoms with van der Waals surface area (Å²) in [4.78, 5) is 22.7. The van der Waals surface area contributed by atoms with Crippen LogP contribution in [0.25, 0.3) is 11.1 Å². The quantitative estimate of drug-likeness (QED) is 0.621. The Morgan fingerprint density at radius 2 is 1.71 bits per heavy atom. The molecule has 1 aliphatic carbocycles. The van der Waals surface area contributed by atoms with Crippen LogP contribution in [0.2, 0.25) is 0 Å². The fraction of sp³-hybridized carbons (Fsp3) is 0.222. The number of ketones is 1. The lowest BCUT2D eigenvalue weighted by Crippen LogP contribution is -2.10. The van der Waals surface area contributed by atoms with Gasteiger partial charge in [-0.1, -0.05) is 30.3 Å². The molecule has 3 nitrogen and oxygen atoms in total. The zero-order chi connectivity index (χ0) is 14.8. The van der Waals surface area contributed by atoms with Gasteiger partial charge in [-0.25, -0.2) is 0 Å². The van der Waals surface area contributed by atoms with Gasteiger partial charge in [0.2, 0.25) is 0 Å². The van der Waals surface area contributed by atoms with Gasteiger partial charge in [0.15, 0.2) is 5.78 Å². The minimum Gasteiger partial charge on any atom is -0.427 e. The summed E-state index contributed by atoms with van der Waals surface area (Å²) in [5.74, 6) is 0.461. The summed E-state index contributed by atoms with van der Waals surface area (Å²) in [7, 11) is 0. The van der Waals surface area contributed by atoms with Gasteiger partial charge in [-0.3, -0.25) is 9.59 Å². The van der Waals surface area contributed by atoms with Crippen molar-refractivity contribution in [3.63, 3.8) is 0 Å². The standard InChI is InChI=1S/C18H16O3/c1-12(19)21-16-8-5-13(6-9-16)14-7-10-17-15(11-14)3-2-4-18(17)20/h5-11H,2-4H2,1H3. The number of carbonyl (C=O) groups is 2. The third kappa shape index (κ3) is 2.87. The number of fused-ring (bicyclic) bond motifs is 1. The van der Waals surface area contributed by atoms with Gasteiger partial charge in [0.1, 0.15) is 5.75 Å². The lowest BCUT2D eigenvalue weighted by molar-refractivity contribution is -0.131. The van der Waals surface area contributed by atoms with Crippen molar-refractivity contribution in [2.45, 2.75) is 26.2 Å². The molecule has 0 amide bonds. The average molecular weight is 280 g/mol. The van der Waals surface area contributed by atoms with Crippen molar-refractivity contribution in [2.75, 3.05) is 0 Å². The second kappa shape index (κ2) is 5.52. The van der Waals surface area contributed by atoms with E-state index in [0.717, 1.165) is 35.1 Å². The van der Waals surface area contributed by atoms with Gasteiger partial charge < -0.3 is 4.74 Å². The molecule has 0 spiro atoms. The van der Waals surface area contributed by atoms with E-state index in [-0.39, 0.29) is 11.8 Å². The van der Waals surface area contributed by atoms with E-state index in [1.54, 1.807) is 12.1 Å². The third-order valence-electron chi connectivity index (χ3n) is 3.70. The van der Waals surface area contributed by atoms with E-state index in [2.05, 4.69) is 6.07 Å². The Balaban J connectivity index is 1.90. The lowest BCUT2D eigenvalue weighted by atomic mass is 9.88. The topological polar surface area (TPSA) is 43.4 Å². The molecule has 0 aliphatic heterocycles. The molecule has 0 atom stereocenters. The second-order valence-corrected chi connectivity index (χ2v) is 5.27. The maximum absolute atomic E-state index is 11.8. The molecule has 0 N–H and O–H groups in total. The van der Waals surface area contributed by atoms with E-state index >= 15 is 0 Å². The van der Waals surface area contributed by atoms with E-state index in [1.807, 2.05) is 24.3 Å². The highest BCUT2D eigenvalue weighted by molar-refractivity contribution is 5.99. The number of hydrogen-bond donors (Lipinski definition) is 0. The first-order valence-electron chi connectivity index (χ1n) is 7.08. The van der Waals surface area contributed by atoms with Crippen LogP contribution in [-0.4, -0.2) is 11.8 Å². The largest absolute Gasteiger partial charge is 0.427 e. The molecule has 0 radical (unpaired) electrons. The van der Waals surface area contributed by atoms with Crippen LogP contribution in [0.1, 0.15) is 35.7 Å². The highest BCUT2D eigenvalue weighted by Gasteiger charge is 2.17. The summed E-state index contributed by atoms with van der Waals surface area (Å²) in [6, 6.07) is 13.4. The Hall–Kier alpha value is -2.42. The third-order valence-corrected chi connectivity index (χ3v) is 3.70. The van der Waals surface area contributed by atoms with Crippen molar-refractivity contribution < 1.29 is 14.3 Å². The summed E-state index contributed by atoms with van der Waals surface area (Å²) in [5.41, 5.74) is 4.12. The molecule has 0 unspecified atom stereocenters. The Morgan fingerprint density at radius 1 is 1.00 bits per heavy atom. The van der Waals surface area contributed by atoms with Crippen molar-refractivity contribution in [3.05, 3.63) is 53.6 Å². The molecular formula is C18H16O3. The SMILES string of the molecule is CC(=O)Oc1ccc(-c2ccc3c(c2)CCCC3=O)cc1. The molecule has 0 saturated carbocycles. The predicted octanol–water partition coefficient (Wildman–Crippen LogP) is 3.80. The maximum atomic E-state index is 11.8. The van der Waals surface area contributed by atoms with Crippen molar-refractivity contribution in [1.82, 2.24) is 0 Å². The minimum atomic E-state index is -0.324. The first kappa shape index (κ1) is 13.6. The van der Waals surface area contributed by atoms with Gasteiger partial charge in [0.25, 0.3) is 0 Å². The first-order valence-corrected chi connectivity index (χ1v) is 7.08. The fourth-order valence-electron chi connectivity index (χ4n) is 2.71. The van der Waals surface area contributed by atoms with Gasteiger partial charge >= 0.3 is 5.97 Å². The van der Waals surface area contributed by atoms with Gasteiger partial charge in [-0.15, -0.1) is 0 Å². The Bertz CT molecular complexity index is 699. The second-order valence-electron chi connectivity index (χ2n) is 5.27. The summed E-state index contributed by atoms with van der Waals surface area (Å²) in [6.45, 7) is 1.38. The Labute approximate surface area is 123 Å². The molecule has 1 aliphatic rings. The molecule has 0 heterocycles. The molecule has 0 aromatic heterocycles. The highest BCUT2D eigenvalue weighted by Crippen LogP contribution is 2.28. The fourth-order valence-corrected chi connectivity index (χ4v) is 2.71. The number of ether oxygens (including phenoxy) is 1. The van der Waals surface area contributed by atoms with Crippen molar-refractivity contribution in [1.29, 1.82) is 0 Å².